The molecule has 6 nitrogen and oxygen atoms in total. The third kappa shape index (κ3) is 3.45. The fraction of sp³-hybridized carbons (Fsp3) is 0.250. The molecule has 0 saturated carbocycles. The first-order chi connectivity index (χ1) is 14.7. The van der Waals surface area contributed by atoms with Crippen molar-refractivity contribution in [3.63, 3.8) is 0 Å². The van der Waals surface area contributed by atoms with E-state index in [1.54, 1.807) is 12.1 Å². The Bertz CT molecular complexity index is 1060. The fourth-order valence-corrected chi connectivity index (χ4v) is 4.29. The molecule has 2 aromatic carbocycles. The van der Waals surface area contributed by atoms with Crippen LogP contribution in [0, 0.1) is 0 Å². The predicted octanol–water partition coefficient (Wildman–Crippen LogP) is 4.39. The highest BCUT2D eigenvalue weighted by molar-refractivity contribution is 6.10. The molecule has 1 atom stereocenters. The van der Waals surface area contributed by atoms with Crippen molar-refractivity contribution in [3.8, 4) is 0 Å². The van der Waals surface area contributed by atoms with Crippen LogP contribution in [0.5, 0.6) is 0 Å². The number of amidine groups is 1. The number of anilines is 2. The summed E-state index contributed by atoms with van der Waals surface area (Å²) in [6, 6.07) is 21.8. The molecule has 2 aliphatic rings. The van der Waals surface area contributed by atoms with Crippen LogP contribution in [-0.4, -0.2) is 35.3 Å². The number of nitrogens with one attached hydrogen (secondary N) is 2. The van der Waals surface area contributed by atoms with Crippen LogP contribution in [0.15, 0.2) is 82.4 Å². The van der Waals surface area contributed by atoms with E-state index in [4.69, 9.17) is 9.41 Å². The molecule has 1 amide bonds. The number of furan rings is 1. The zero-order valence-corrected chi connectivity index (χ0v) is 16.7. The summed E-state index contributed by atoms with van der Waals surface area (Å²) in [7, 11) is 0. The molecule has 2 aliphatic heterocycles. The molecule has 30 heavy (non-hydrogen) atoms. The molecule has 152 valence electrons. The van der Waals surface area contributed by atoms with Gasteiger partial charge in [-0.05, 0) is 42.7 Å². The number of carbonyl (C=O) groups is 1. The van der Waals surface area contributed by atoms with Crippen molar-refractivity contribution in [2.75, 3.05) is 23.7 Å². The van der Waals surface area contributed by atoms with Gasteiger partial charge in [-0.25, -0.2) is 0 Å². The number of para-hydroxylation sites is 2. The molecule has 5 rings (SSSR count). The minimum Gasteiger partial charge on any atom is -0.459 e. The van der Waals surface area contributed by atoms with E-state index in [-0.39, 0.29) is 5.91 Å². The number of hydrogen-bond donors (Lipinski definition) is 2. The van der Waals surface area contributed by atoms with Gasteiger partial charge in [0, 0.05) is 6.54 Å². The van der Waals surface area contributed by atoms with Crippen LogP contribution in [0.4, 0.5) is 11.4 Å². The average molecular weight is 400 g/mol. The Balaban J connectivity index is 1.48. The van der Waals surface area contributed by atoms with E-state index >= 15 is 0 Å². The predicted molar refractivity (Wildman–Crippen MR) is 118 cm³/mol. The minimum atomic E-state index is -0.455. The Morgan fingerprint density at radius 3 is 2.63 bits per heavy atom. The third-order valence-corrected chi connectivity index (χ3v) is 5.78. The van der Waals surface area contributed by atoms with E-state index in [0.29, 0.717) is 25.4 Å². The number of benzene rings is 2. The summed E-state index contributed by atoms with van der Waals surface area (Å²) in [6.07, 6.45) is 3.31. The lowest BCUT2D eigenvalue weighted by Crippen LogP contribution is -2.62. The number of piperidine rings is 1. The van der Waals surface area contributed by atoms with E-state index in [1.807, 2.05) is 41.3 Å². The third-order valence-electron chi connectivity index (χ3n) is 5.78. The van der Waals surface area contributed by atoms with Crippen molar-refractivity contribution < 1.29 is 9.21 Å². The van der Waals surface area contributed by atoms with Crippen LogP contribution in [-0.2, 0) is 6.54 Å². The number of hydrogen-bond acceptors (Lipinski definition) is 4. The van der Waals surface area contributed by atoms with Gasteiger partial charge in [0.15, 0.2) is 5.76 Å². The first-order valence-corrected chi connectivity index (χ1v) is 10.3. The van der Waals surface area contributed by atoms with Gasteiger partial charge < -0.3 is 20.0 Å². The van der Waals surface area contributed by atoms with Crippen molar-refractivity contribution in [3.05, 3.63) is 84.3 Å². The summed E-state index contributed by atoms with van der Waals surface area (Å²) in [5, 5.41) is 7.26. The number of aliphatic imine (C=N–C) groups is 1. The van der Waals surface area contributed by atoms with Gasteiger partial charge in [-0.2, -0.15) is 0 Å². The zero-order chi connectivity index (χ0) is 20.4. The molecule has 0 unspecified atom stereocenters. The molecule has 3 aromatic rings. The number of carbonyl (C=O) groups excluding carboxylic acids is 1. The maximum Gasteiger partial charge on any atom is 0.289 e. The second-order valence-electron chi connectivity index (χ2n) is 7.84. The molecule has 0 bridgehead atoms. The number of fused-ring (bicyclic) bond motifs is 1. The van der Waals surface area contributed by atoms with Crippen molar-refractivity contribution in [1.82, 2.24) is 4.90 Å². The van der Waals surface area contributed by atoms with E-state index in [0.717, 1.165) is 35.6 Å². The molecule has 1 saturated heterocycles. The van der Waals surface area contributed by atoms with Gasteiger partial charge in [0.25, 0.3) is 5.91 Å². The summed E-state index contributed by atoms with van der Waals surface area (Å²) in [5.74, 6) is 1.17. The molecular formula is C24H24N4O2. The molecular weight excluding hydrogens is 376 g/mol. The number of likely N-dealkylation sites (tertiary alicyclic amines) is 1. The topological polar surface area (TPSA) is 69.9 Å². The van der Waals surface area contributed by atoms with Gasteiger partial charge in [0.2, 0.25) is 0 Å². The van der Waals surface area contributed by atoms with Crippen LogP contribution < -0.4 is 10.6 Å². The maximum absolute atomic E-state index is 13.0. The Kier molecular flexibility index (Phi) is 4.75. The van der Waals surface area contributed by atoms with Gasteiger partial charge >= 0.3 is 0 Å². The number of nitrogens with zero attached hydrogens (tertiary/aromatic N) is 2. The minimum absolute atomic E-state index is 0.0813. The SMILES string of the molecule is O=C(c1ccco1)N1CCC[C@]2(C1)Nc1ccccc1NC2=NCc1ccccc1. The molecule has 3 heterocycles. The van der Waals surface area contributed by atoms with Crippen molar-refractivity contribution in [2.24, 2.45) is 4.99 Å². The molecule has 1 fully saturated rings. The normalized spacial score (nSPS) is 21.7. The molecule has 1 aromatic heterocycles. The monoisotopic (exact) mass is 400 g/mol. The van der Waals surface area contributed by atoms with E-state index < -0.39 is 5.54 Å². The van der Waals surface area contributed by atoms with Crippen LogP contribution >= 0.6 is 0 Å². The molecule has 2 N–H and O–H groups in total. The Labute approximate surface area is 175 Å². The highest BCUT2D eigenvalue weighted by Crippen LogP contribution is 2.36. The van der Waals surface area contributed by atoms with Crippen molar-refractivity contribution in [1.29, 1.82) is 0 Å². The van der Waals surface area contributed by atoms with Crippen LogP contribution in [0.3, 0.4) is 0 Å². The Hall–Kier alpha value is -3.54. The number of amides is 1. The smallest absolute Gasteiger partial charge is 0.289 e. The lowest BCUT2D eigenvalue weighted by atomic mass is 9.85. The van der Waals surface area contributed by atoms with E-state index in [2.05, 4.69) is 28.8 Å². The van der Waals surface area contributed by atoms with Gasteiger partial charge in [-0.3, -0.25) is 9.79 Å². The van der Waals surface area contributed by atoms with Crippen molar-refractivity contribution in [2.45, 2.75) is 24.9 Å². The summed E-state index contributed by atoms with van der Waals surface area (Å²) < 4.78 is 5.36. The van der Waals surface area contributed by atoms with Crippen LogP contribution in [0.25, 0.3) is 0 Å². The first kappa shape index (κ1) is 18.5. The van der Waals surface area contributed by atoms with Crippen LogP contribution in [0.1, 0.15) is 29.0 Å². The summed E-state index contributed by atoms with van der Waals surface area (Å²) in [6.45, 7) is 1.82. The van der Waals surface area contributed by atoms with Gasteiger partial charge in [0.05, 0.1) is 30.7 Å². The quantitative estimate of drug-likeness (QED) is 0.684. The second-order valence-corrected chi connectivity index (χ2v) is 7.84. The summed E-state index contributed by atoms with van der Waals surface area (Å²) in [4.78, 5) is 19.8. The lowest BCUT2D eigenvalue weighted by molar-refractivity contribution is 0.0662. The number of rotatable bonds is 3. The van der Waals surface area contributed by atoms with Crippen molar-refractivity contribution >= 4 is 23.1 Å². The molecule has 6 heteroatoms. The molecule has 1 spiro atoms. The first-order valence-electron chi connectivity index (χ1n) is 10.3. The largest absolute Gasteiger partial charge is 0.459 e. The fourth-order valence-electron chi connectivity index (χ4n) is 4.29. The van der Waals surface area contributed by atoms with Gasteiger partial charge in [0.1, 0.15) is 11.4 Å². The maximum atomic E-state index is 13.0. The average Bonchev–Trinajstić information content (AvgIpc) is 3.33. The zero-order valence-electron chi connectivity index (χ0n) is 16.7. The molecule has 0 aliphatic carbocycles. The van der Waals surface area contributed by atoms with Crippen LogP contribution in [0.2, 0.25) is 0 Å². The standard InChI is InChI=1S/C24H24N4O2/c29-22(21-12-6-15-30-21)28-14-7-13-24(17-28)23(25-16-18-8-2-1-3-9-18)26-19-10-4-5-11-20(19)27-24/h1-6,8-12,15,27H,7,13-14,16-17H2,(H,25,26)/t24-/m1/s1. The van der Waals surface area contributed by atoms with Gasteiger partial charge in [-0.1, -0.05) is 42.5 Å². The Morgan fingerprint density at radius 2 is 1.83 bits per heavy atom. The second kappa shape index (κ2) is 7.71. The highest BCUT2D eigenvalue weighted by atomic mass is 16.3. The molecule has 0 radical (unpaired) electrons. The lowest BCUT2D eigenvalue weighted by Gasteiger charge is -2.47. The highest BCUT2D eigenvalue weighted by Gasteiger charge is 2.44. The van der Waals surface area contributed by atoms with Gasteiger partial charge in [-0.15, -0.1) is 0 Å². The van der Waals surface area contributed by atoms with E-state index in [1.165, 1.54) is 6.26 Å². The Morgan fingerprint density at radius 1 is 1.03 bits per heavy atom. The summed E-state index contributed by atoms with van der Waals surface area (Å²) in [5.41, 5.74) is 2.73. The summed E-state index contributed by atoms with van der Waals surface area (Å²) >= 11 is 0. The van der Waals surface area contributed by atoms with E-state index in [9.17, 15) is 4.79 Å².